The van der Waals surface area contributed by atoms with Gasteiger partial charge in [-0.3, -0.25) is 0 Å². The maximum absolute atomic E-state index is 11.5. The van der Waals surface area contributed by atoms with E-state index < -0.39 is 17.5 Å². The zero-order chi connectivity index (χ0) is 11.9. The van der Waals surface area contributed by atoms with Gasteiger partial charge in [0.05, 0.1) is 11.3 Å². The van der Waals surface area contributed by atoms with E-state index in [-0.39, 0.29) is 11.3 Å². The van der Waals surface area contributed by atoms with Crippen molar-refractivity contribution >= 4 is 17.6 Å². The fraction of sp³-hybridized carbons (Fsp3) is 0.273. The van der Waals surface area contributed by atoms with Gasteiger partial charge in [0.25, 0.3) is 0 Å². The molecule has 1 aromatic carbocycles. The number of fused-ring (bicyclic) bond motifs is 1. The number of nitrogens with one attached hydrogen (secondary N) is 1. The summed E-state index contributed by atoms with van der Waals surface area (Å²) < 4.78 is 5.07. The molecule has 1 aromatic rings. The summed E-state index contributed by atoms with van der Waals surface area (Å²) in [5, 5.41) is 11.9. The smallest absolute Gasteiger partial charge is 0.337 e. The second kappa shape index (κ2) is 3.23. The van der Waals surface area contributed by atoms with Crippen LogP contribution in [0, 0.1) is 0 Å². The first-order chi connectivity index (χ1) is 7.42. The molecule has 84 valence electrons. The maximum Gasteiger partial charge on any atom is 0.337 e. The second-order valence-corrected chi connectivity index (χ2v) is 4.12. The van der Waals surface area contributed by atoms with Gasteiger partial charge in [-0.05, 0) is 26.0 Å². The molecule has 0 amide bonds. The molecule has 0 atom stereocenters. The van der Waals surface area contributed by atoms with Crippen LogP contribution in [-0.4, -0.2) is 22.6 Å². The number of benzene rings is 1. The van der Waals surface area contributed by atoms with Gasteiger partial charge < -0.3 is 15.2 Å². The molecule has 16 heavy (non-hydrogen) atoms. The molecule has 2 rings (SSSR count). The third kappa shape index (κ3) is 1.50. The van der Waals surface area contributed by atoms with E-state index >= 15 is 0 Å². The molecule has 5 nitrogen and oxygen atoms in total. The number of rotatable bonds is 1. The topological polar surface area (TPSA) is 75.6 Å². The molecular weight excluding hydrogens is 210 g/mol. The lowest BCUT2D eigenvalue weighted by molar-refractivity contribution is -0.139. The molecule has 1 aliphatic heterocycles. The number of para-hydroxylation sites is 1. The van der Waals surface area contributed by atoms with Gasteiger partial charge in [-0.25, -0.2) is 9.59 Å². The summed E-state index contributed by atoms with van der Waals surface area (Å²) in [6.45, 7) is 3.27. The van der Waals surface area contributed by atoms with Crippen molar-refractivity contribution in [3.63, 3.8) is 0 Å². The largest absolute Gasteiger partial charge is 0.478 e. The number of aromatic carboxylic acids is 1. The number of carboxylic acid groups (broad SMARTS) is 1. The Balaban J connectivity index is 2.56. The number of carboxylic acids is 1. The Kier molecular flexibility index (Phi) is 2.11. The van der Waals surface area contributed by atoms with E-state index in [1.165, 1.54) is 12.1 Å². The lowest BCUT2D eigenvalue weighted by atomic mass is 10.0. The van der Waals surface area contributed by atoms with Gasteiger partial charge in [-0.1, -0.05) is 6.07 Å². The average Bonchev–Trinajstić information content (AvgIpc) is 2.18. The summed E-state index contributed by atoms with van der Waals surface area (Å²) in [5.41, 5.74) is -0.476. The zero-order valence-corrected chi connectivity index (χ0v) is 8.90. The van der Waals surface area contributed by atoms with E-state index in [9.17, 15) is 9.59 Å². The molecule has 0 spiro atoms. The van der Waals surface area contributed by atoms with Crippen LogP contribution >= 0.6 is 0 Å². The van der Waals surface area contributed by atoms with Gasteiger partial charge in [0.1, 0.15) is 5.54 Å². The van der Waals surface area contributed by atoms with E-state index in [0.29, 0.717) is 5.69 Å². The summed E-state index contributed by atoms with van der Waals surface area (Å²) in [6, 6.07) is 4.56. The van der Waals surface area contributed by atoms with E-state index in [4.69, 9.17) is 9.84 Å². The fourth-order valence-corrected chi connectivity index (χ4v) is 1.51. The number of esters is 1. The Morgan fingerprint density at radius 2 is 2.12 bits per heavy atom. The first-order valence-electron chi connectivity index (χ1n) is 4.78. The molecule has 0 unspecified atom stereocenters. The number of hydrogen-bond donors (Lipinski definition) is 2. The highest BCUT2D eigenvalue weighted by Crippen LogP contribution is 2.35. The Morgan fingerprint density at radius 1 is 1.44 bits per heavy atom. The lowest BCUT2D eigenvalue weighted by Crippen LogP contribution is -2.46. The van der Waals surface area contributed by atoms with Gasteiger partial charge in [-0.15, -0.1) is 0 Å². The van der Waals surface area contributed by atoms with Crippen molar-refractivity contribution in [2.24, 2.45) is 0 Å². The van der Waals surface area contributed by atoms with Crippen LogP contribution in [0.25, 0.3) is 0 Å². The molecule has 0 aromatic heterocycles. The molecule has 0 bridgehead atoms. The highest BCUT2D eigenvalue weighted by molar-refractivity contribution is 6.00. The Hall–Kier alpha value is -2.04. The third-order valence-electron chi connectivity index (χ3n) is 2.41. The van der Waals surface area contributed by atoms with Crippen molar-refractivity contribution in [2.45, 2.75) is 19.4 Å². The number of ether oxygens (including phenoxy) is 1. The monoisotopic (exact) mass is 221 g/mol. The minimum atomic E-state index is -1.06. The van der Waals surface area contributed by atoms with Crippen molar-refractivity contribution in [1.29, 1.82) is 0 Å². The quantitative estimate of drug-likeness (QED) is 0.555. The fourth-order valence-electron chi connectivity index (χ4n) is 1.51. The van der Waals surface area contributed by atoms with Crippen LogP contribution in [0.15, 0.2) is 18.2 Å². The Labute approximate surface area is 92.0 Å². The maximum atomic E-state index is 11.5. The van der Waals surface area contributed by atoms with E-state index in [1.807, 2.05) is 0 Å². The SMILES string of the molecule is CC1(C)Nc2c(cccc2C(=O)O)OC1=O. The molecule has 1 heterocycles. The third-order valence-corrected chi connectivity index (χ3v) is 2.41. The van der Waals surface area contributed by atoms with Crippen LogP contribution in [0.3, 0.4) is 0 Å². The number of anilines is 1. The van der Waals surface area contributed by atoms with Gasteiger partial charge in [-0.2, -0.15) is 0 Å². The number of carbonyl (C=O) groups is 2. The van der Waals surface area contributed by atoms with Crippen molar-refractivity contribution in [3.05, 3.63) is 23.8 Å². The van der Waals surface area contributed by atoms with Gasteiger partial charge in [0.15, 0.2) is 5.75 Å². The van der Waals surface area contributed by atoms with Crippen molar-refractivity contribution in [2.75, 3.05) is 5.32 Å². The molecular formula is C11H11NO4. The number of carbonyl (C=O) groups excluding carboxylic acids is 1. The van der Waals surface area contributed by atoms with Gasteiger partial charge in [0, 0.05) is 0 Å². The van der Waals surface area contributed by atoms with Gasteiger partial charge >= 0.3 is 11.9 Å². The van der Waals surface area contributed by atoms with Crippen molar-refractivity contribution in [1.82, 2.24) is 0 Å². The highest BCUT2D eigenvalue weighted by atomic mass is 16.5. The molecule has 5 heteroatoms. The first kappa shape index (κ1) is 10.5. The van der Waals surface area contributed by atoms with Crippen LogP contribution in [0.2, 0.25) is 0 Å². The molecule has 0 saturated carbocycles. The van der Waals surface area contributed by atoms with Crippen LogP contribution in [0.4, 0.5) is 5.69 Å². The first-order valence-corrected chi connectivity index (χ1v) is 4.78. The minimum absolute atomic E-state index is 0.0954. The minimum Gasteiger partial charge on any atom is -0.478 e. The lowest BCUT2D eigenvalue weighted by Gasteiger charge is -2.31. The predicted octanol–water partition coefficient (Wildman–Crippen LogP) is 1.49. The molecule has 0 saturated heterocycles. The molecule has 0 fully saturated rings. The zero-order valence-electron chi connectivity index (χ0n) is 8.90. The van der Waals surface area contributed by atoms with Crippen LogP contribution in [-0.2, 0) is 4.79 Å². The molecule has 0 radical (unpaired) electrons. The van der Waals surface area contributed by atoms with Gasteiger partial charge in [0.2, 0.25) is 0 Å². The summed E-state index contributed by atoms with van der Waals surface area (Å²) >= 11 is 0. The van der Waals surface area contributed by atoms with Crippen LogP contribution in [0.1, 0.15) is 24.2 Å². The Bertz CT molecular complexity index is 479. The van der Waals surface area contributed by atoms with E-state index in [0.717, 1.165) is 0 Å². The Morgan fingerprint density at radius 3 is 2.75 bits per heavy atom. The van der Waals surface area contributed by atoms with Crippen molar-refractivity contribution < 1.29 is 19.4 Å². The van der Waals surface area contributed by atoms with Crippen molar-refractivity contribution in [3.8, 4) is 5.75 Å². The van der Waals surface area contributed by atoms with E-state index in [2.05, 4.69) is 5.32 Å². The molecule has 1 aliphatic rings. The average molecular weight is 221 g/mol. The summed E-state index contributed by atoms with van der Waals surface area (Å²) in [6.07, 6.45) is 0. The summed E-state index contributed by atoms with van der Waals surface area (Å²) in [4.78, 5) is 22.5. The summed E-state index contributed by atoms with van der Waals surface area (Å²) in [5.74, 6) is -1.23. The second-order valence-electron chi connectivity index (χ2n) is 4.12. The predicted molar refractivity (Wildman–Crippen MR) is 56.7 cm³/mol. The molecule has 0 aliphatic carbocycles. The van der Waals surface area contributed by atoms with Crippen LogP contribution < -0.4 is 10.1 Å². The normalized spacial score (nSPS) is 17.0. The standard InChI is InChI=1S/C11H11NO4/c1-11(2)10(15)16-7-5-3-4-6(9(13)14)8(7)12-11/h3-5,12H,1-2H3,(H,13,14). The highest BCUT2D eigenvalue weighted by Gasteiger charge is 2.36. The van der Waals surface area contributed by atoms with Crippen LogP contribution in [0.5, 0.6) is 5.75 Å². The van der Waals surface area contributed by atoms with E-state index in [1.54, 1.807) is 19.9 Å². The number of hydrogen-bond acceptors (Lipinski definition) is 4. The molecule has 2 N–H and O–H groups in total. The summed E-state index contributed by atoms with van der Waals surface area (Å²) in [7, 11) is 0.